The van der Waals surface area contributed by atoms with Gasteiger partial charge in [-0.15, -0.1) is 0 Å². The van der Waals surface area contributed by atoms with Gasteiger partial charge >= 0.3 is 0 Å². The Morgan fingerprint density at radius 3 is 2.42 bits per heavy atom. The smallest absolute Gasteiger partial charge is 0.224 e. The van der Waals surface area contributed by atoms with Crippen LogP contribution in [0.3, 0.4) is 0 Å². The molecule has 1 aromatic rings. The number of hydrogen-bond acceptors (Lipinski definition) is 2. The molecule has 19 heavy (non-hydrogen) atoms. The van der Waals surface area contributed by atoms with Crippen molar-refractivity contribution in [1.29, 1.82) is 0 Å². The fraction of sp³-hybridized carbons (Fsp3) is 0.562. The highest BCUT2D eigenvalue weighted by molar-refractivity contribution is 5.79. The van der Waals surface area contributed by atoms with E-state index in [1.54, 1.807) is 0 Å². The number of hydrogen-bond donors (Lipinski definition) is 2. The molecule has 1 aromatic carbocycles. The van der Waals surface area contributed by atoms with E-state index < -0.39 is 0 Å². The van der Waals surface area contributed by atoms with E-state index in [1.807, 2.05) is 6.07 Å². The van der Waals surface area contributed by atoms with E-state index in [0.29, 0.717) is 19.5 Å². The fourth-order valence-corrected chi connectivity index (χ4v) is 1.85. The highest BCUT2D eigenvalue weighted by Gasteiger charge is 2.17. The van der Waals surface area contributed by atoms with Crippen molar-refractivity contribution in [3.63, 3.8) is 0 Å². The summed E-state index contributed by atoms with van der Waals surface area (Å²) in [6.07, 6.45) is 0.438. The Balaban J connectivity index is 2.66. The number of benzene rings is 1. The Hall–Kier alpha value is -1.35. The minimum absolute atomic E-state index is 0.0477. The van der Waals surface area contributed by atoms with Gasteiger partial charge in [0.1, 0.15) is 0 Å². The summed E-state index contributed by atoms with van der Waals surface area (Å²) in [5, 5.41) is 2.96. The van der Waals surface area contributed by atoms with Gasteiger partial charge in [-0.3, -0.25) is 4.79 Å². The third-order valence-corrected chi connectivity index (χ3v) is 3.84. The molecule has 0 spiro atoms. The second-order valence-electron chi connectivity index (χ2n) is 6.11. The lowest BCUT2D eigenvalue weighted by atomic mass is 9.93. The quantitative estimate of drug-likeness (QED) is 0.855. The van der Waals surface area contributed by atoms with Gasteiger partial charge < -0.3 is 11.1 Å². The minimum atomic E-state index is -0.0477. The molecule has 3 heteroatoms. The standard InChI is InChI=1S/C16H26N2O/c1-11-6-7-14(13(3)12(11)2)8-15(19)18-10-16(4,5)9-17/h6-7H,8-10,17H2,1-5H3,(H,18,19). The van der Waals surface area contributed by atoms with Gasteiger partial charge in [0, 0.05) is 6.54 Å². The normalized spacial score (nSPS) is 11.5. The van der Waals surface area contributed by atoms with Crippen LogP contribution in [-0.2, 0) is 11.2 Å². The first-order valence-corrected chi connectivity index (χ1v) is 6.79. The van der Waals surface area contributed by atoms with E-state index in [4.69, 9.17) is 5.73 Å². The van der Waals surface area contributed by atoms with E-state index >= 15 is 0 Å². The highest BCUT2D eigenvalue weighted by Crippen LogP contribution is 2.17. The van der Waals surface area contributed by atoms with Gasteiger partial charge in [0.25, 0.3) is 0 Å². The highest BCUT2D eigenvalue weighted by atomic mass is 16.1. The lowest BCUT2D eigenvalue weighted by Crippen LogP contribution is -2.39. The largest absolute Gasteiger partial charge is 0.355 e. The lowest BCUT2D eigenvalue weighted by molar-refractivity contribution is -0.120. The van der Waals surface area contributed by atoms with Gasteiger partial charge in [-0.05, 0) is 55.0 Å². The predicted octanol–water partition coefficient (Wildman–Crippen LogP) is 2.26. The fourth-order valence-electron chi connectivity index (χ4n) is 1.85. The van der Waals surface area contributed by atoms with E-state index in [1.165, 1.54) is 16.7 Å². The Kier molecular flexibility index (Phi) is 5.12. The summed E-state index contributed by atoms with van der Waals surface area (Å²) in [5.41, 5.74) is 10.5. The van der Waals surface area contributed by atoms with Crippen molar-refractivity contribution in [2.45, 2.75) is 41.0 Å². The van der Waals surface area contributed by atoms with E-state index in [0.717, 1.165) is 5.56 Å². The topological polar surface area (TPSA) is 55.1 Å². The van der Waals surface area contributed by atoms with Crippen molar-refractivity contribution < 1.29 is 4.79 Å². The van der Waals surface area contributed by atoms with Gasteiger partial charge in [-0.25, -0.2) is 0 Å². The summed E-state index contributed by atoms with van der Waals surface area (Å²) >= 11 is 0. The summed E-state index contributed by atoms with van der Waals surface area (Å²) < 4.78 is 0. The number of carbonyl (C=O) groups excluding carboxylic acids is 1. The molecule has 0 fully saturated rings. The second kappa shape index (κ2) is 6.20. The monoisotopic (exact) mass is 262 g/mol. The summed E-state index contributed by atoms with van der Waals surface area (Å²) in [5.74, 6) is 0.0629. The molecule has 0 unspecified atom stereocenters. The van der Waals surface area contributed by atoms with Crippen molar-refractivity contribution in [2.75, 3.05) is 13.1 Å². The molecule has 0 atom stereocenters. The Morgan fingerprint density at radius 2 is 1.84 bits per heavy atom. The van der Waals surface area contributed by atoms with Gasteiger partial charge in [0.2, 0.25) is 5.91 Å². The molecule has 0 radical (unpaired) electrons. The molecule has 0 saturated heterocycles. The molecule has 3 N–H and O–H groups in total. The summed E-state index contributed by atoms with van der Waals surface area (Å²) in [7, 11) is 0. The summed E-state index contributed by atoms with van der Waals surface area (Å²) in [6, 6.07) is 4.13. The molecule has 0 aliphatic carbocycles. The maximum Gasteiger partial charge on any atom is 0.224 e. The molecule has 3 nitrogen and oxygen atoms in total. The minimum Gasteiger partial charge on any atom is -0.355 e. The molecule has 106 valence electrons. The maximum atomic E-state index is 12.0. The molecular formula is C16H26N2O. The van der Waals surface area contributed by atoms with Crippen molar-refractivity contribution in [3.05, 3.63) is 34.4 Å². The molecule has 0 aliphatic rings. The third-order valence-electron chi connectivity index (χ3n) is 3.84. The van der Waals surface area contributed by atoms with Gasteiger partial charge in [0.15, 0.2) is 0 Å². The van der Waals surface area contributed by atoms with Crippen LogP contribution in [0.1, 0.15) is 36.1 Å². The molecule has 0 aliphatic heterocycles. The first-order chi connectivity index (χ1) is 8.76. The van der Waals surface area contributed by atoms with Crippen LogP contribution in [-0.4, -0.2) is 19.0 Å². The number of carbonyl (C=O) groups is 1. The molecule has 0 heterocycles. The molecule has 0 bridgehead atoms. The number of aryl methyl sites for hydroxylation is 1. The van der Waals surface area contributed by atoms with Crippen LogP contribution in [0.15, 0.2) is 12.1 Å². The zero-order valence-corrected chi connectivity index (χ0v) is 12.8. The van der Waals surface area contributed by atoms with Gasteiger partial charge in [0.05, 0.1) is 6.42 Å². The molecule has 1 rings (SSSR count). The second-order valence-corrected chi connectivity index (χ2v) is 6.11. The Labute approximate surface area is 116 Å². The first-order valence-electron chi connectivity index (χ1n) is 6.79. The Bertz CT molecular complexity index is 464. The molecule has 0 saturated carbocycles. The van der Waals surface area contributed by atoms with Crippen LogP contribution in [0.5, 0.6) is 0 Å². The van der Waals surface area contributed by atoms with Crippen LogP contribution in [0.4, 0.5) is 0 Å². The lowest BCUT2D eigenvalue weighted by Gasteiger charge is -2.22. The average Bonchev–Trinajstić information content (AvgIpc) is 2.37. The van der Waals surface area contributed by atoms with Gasteiger partial charge in [-0.2, -0.15) is 0 Å². The number of rotatable bonds is 5. The van der Waals surface area contributed by atoms with Crippen molar-refractivity contribution in [1.82, 2.24) is 5.32 Å². The van der Waals surface area contributed by atoms with E-state index in [9.17, 15) is 4.79 Å². The molecule has 1 amide bonds. The average molecular weight is 262 g/mol. The van der Waals surface area contributed by atoms with Crippen molar-refractivity contribution in [3.8, 4) is 0 Å². The molecule has 0 aromatic heterocycles. The van der Waals surface area contributed by atoms with Crippen LogP contribution in [0.2, 0.25) is 0 Å². The third kappa shape index (κ3) is 4.35. The zero-order chi connectivity index (χ0) is 14.6. The van der Waals surface area contributed by atoms with Crippen LogP contribution >= 0.6 is 0 Å². The SMILES string of the molecule is Cc1ccc(CC(=O)NCC(C)(C)CN)c(C)c1C. The number of nitrogens with two attached hydrogens (primary N) is 1. The summed E-state index contributed by atoms with van der Waals surface area (Å²) in [6.45, 7) is 11.6. The van der Waals surface area contributed by atoms with E-state index in [2.05, 4.69) is 46.0 Å². The Morgan fingerprint density at radius 1 is 1.21 bits per heavy atom. The van der Waals surface area contributed by atoms with Gasteiger partial charge in [-0.1, -0.05) is 26.0 Å². The molecular weight excluding hydrogens is 236 g/mol. The van der Waals surface area contributed by atoms with Crippen molar-refractivity contribution >= 4 is 5.91 Å². The summed E-state index contributed by atoms with van der Waals surface area (Å²) in [4.78, 5) is 12.0. The van der Waals surface area contributed by atoms with Crippen molar-refractivity contribution in [2.24, 2.45) is 11.1 Å². The zero-order valence-electron chi connectivity index (χ0n) is 12.8. The van der Waals surface area contributed by atoms with E-state index in [-0.39, 0.29) is 11.3 Å². The van der Waals surface area contributed by atoms with Crippen LogP contribution in [0.25, 0.3) is 0 Å². The van der Waals surface area contributed by atoms with Crippen LogP contribution in [0, 0.1) is 26.2 Å². The number of nitrogens with one attached hydrogen (secondary N) is 1. The predicted molar refractivity (Wildman–Crippen MR) is 80.2 cm³/mol. The maximum absolute atomic E-state index is 12.0. The first kappa shape index (κ1) is 15.7. The van der Waals surface area contributed by atoms with Crippen LogP contribution < -0.4 is 11.1 Å². The number of amides is 1.